The van der Waals surface area contributed by atoms with Gasteiger partial charge in [-0.1, -0.05) is 30.3 Å². The molecule has 0 radical (unpaired) electrons. The van der Waals surface area contributed by atoms with Crippen LogP contribution in [0.25, 0.3) is 0 Å². The normalized spacial score (nSPS) is 11.9. The lowest BCUT2D eigenvalue weighted by atomic mass is 10.2. The van der Waals surface area contributed by atoms with Gasteiger partial charge < -0.3 is 4.90 Å². The van der Waals surface area contributed by atoms with Crippen LogP contribution in [0.15, 0.2) is 59.5 Å². The maximum atomic E-state index is 12.4. The molecule has 0 aliphatic rings. The predicted octanol–water partition coefficient (Wildman–Crippen LogP) is 2.45. The number of hydrogen-bond donors (Lipinski definition) is 1. The highest BCUT2D eigenvalue weighted by Crippen LogP contribution is 2.13. The van der Waals surface area contributed by atoms with E-state index < -0.39 is 19.9 Å². The molecule has 9 heteroatoms. The fourth-order valence-electron chi connectivity index (χ4n) is 2.95. The molecule has 0 aromatic heterocycles. The monoisotopic (exact) mass is 452 g/mol. The quantitative estimate of drug-likeness (QED) is 0.528. The average molecular weight is 453 g/mol. The van der Waals surface area contributed by atoms with Gasteiger partial charge in [-0.25, -0.2) is 21.6 Å². The zero-order valence-electron chi connectivity index (χ0n) is 17.2. The number of hydrogen-bond acceptors (Lipinski definition) is 5. The van der Waals surface area contributed by atoms with Crippen LogP contribution in [0.4, 0.5) is 0 Å². The van der Waals surface area contributed by atoms with Gasteiger partial charge >= 0.3 is 0 Å². The summed E-state index contributed by atoms with van der Waals surface area (Å²) in [5.74, 6) is -0.329. The molecule has 30 heavy (non-hydrogen) atoms. The van der Waals surface area contributed by atoms with Gasteiger partial charge in [-0.2, -0.15) is 0 Å². The fraction of sp³-hybridized carbons (Fsp3) is 0.381. The third-order valence-electron chi connectivity index (χ3n) is 4.62. The summed E-state index contributed by atoms with van der Waals surface area (Å²) in [5.41, 5.74) is 1.13. The van der Waals surface area contributed by atoms with Crippen molar-refractivity contribution < 1.29 is 21.6 Å². The topological polar surface area (TPSA) is 101 Å². The second kappa shape index (κ2) is 10.7. The van der Waals surface area contributed by atoms with Crippen LogP contribution in [0.3, 0.4) is 0 Å². The maximum Gasteiger partial charge on any atom is 0.253 e. The summed E-state index contributed by atoms with van der Waals surface area (Å²) < 4.78 is 51.6. The van der Waals surface area contributed by atoms with E-state index in [1.54, 1.807) is 29.2 Å². The summed E-state index contributed by atoms with van der Waals surface area (Å²) in [6.45, 7) is 4.92. The van der Waals surface area contributed by atoms with E-state index in [1.165, 1.54) is 24.3 Å². The summed E-state index contributed by atoms with van der Waals surface area (Å²) in [7, 11) is -7.10. The Morgan fingerprint density at radius 1 is 0.900 bits per heavy atom. The Hall–Kier alpha value is -2.23. The van der Waals surface area contributed by atoms with Crippen molar-refractivity contribution in [3.8, 4) is 0 Å². The lowest BCUT2D eigenvalue weighted by molar-refractivity contribution is 0.0773. The van der Waals surface area contributed by atoms with Gasteiger partial charge in [0.15, 0.2) is 9.84 Å². The summed E-state index contributed by atoms with van der Waals surface area (Å²) in [6, 6.07) is 14.6. The number of rotatable bonds is 11. The van der Waals surface area contributed by atoms with Crippen LogP contribution in [0.5, 0.6) is 0 Å². The molecule has 0 saturated heterocycles. The number of amides is 1. The molecular weight excluding hydrogens is 424 g/mol. The minimum Gasteiger partial charge on any atom is -0.339 e. The molecule has 0 heterocycles. The van der Waals surface area contributed by atoms with Gasteiger partial charge in [0.1, 0.15) is 0 Å². The lowest BCUT2D eigenvalue weighted by Gasteiger charge is -2.18. The third kappa shape index (κ3) is 6.93. The molecule has 0 aliphatic heterocycles. The highest BCUT2D eigenvalue weighted by Gasteiger charge is 2.17. The van der Waals surface area contributed by atoms with Crippen LogP contribution in [0.1, 0.15) is 36.2 Å². The average Bonchev–Trinajstić information content (AvgIpc) is 2.72. The van der Waals surface area contributed by atoms with E-state index in [0.717, 1.165) is 0 Å². The van der Waals surface area contributed by atoms with E-state index in [1.807, 2.05) is 19.9 Å². The Morgan fingerprint density at radius 3 is 2.07 bits per heavy atom. The number of nitrogens with one attached hydrogen (secondary N) is 1. The highest BCUT2D eigenvalue weighted by molar-refractivity contribution is 7.90. The number of carbonyl (C=O) groups is 1. The second-order valence-corrected chi connectivity index (χ2v) is 10.8. The SMILES string of the molecule is CCN(CC)C(=O)c1ccc(S(=O)(=O)NCCCS(=O)(=O)Cc2ccccc2)cc1. The Bertz CT molecular complexity index is 1030. The van der Waals surface area contributed by atoms with Crippen molar-refractivity contribution in [3.05, 3.63) is 65.7 Å². The first kappa shape index (κ1) is 24.0. The maximum absolute atomic E-state index is 12.4. The van der Waals surface area contributed by atoms with Crippen molar-refractivity contribution in [2.45, 2.75) is 30.9 Å². The summed E-state index contributed by atoms with van der Waals surface area (Å²) in [5, 5.41) is 0. The van der Waals surface area contributed by atoms with Gasteiger partial charge in [-0.3, -0.25) is 4.79 Å². The zero-order valence-corrected chi connectivity index (χ0v) is 18.9. The van der Waals surface area contributed by atoms with Crippen LogP contribution < -0.4 is 4.72 Å². The van der Waals surface area contributed by atoms with E-state index in [9.17, 15) is 21.6 Å². The van der Waals surface area contributed by atoms with Crippen molar-refractivity contribution in [3.63, 3.8) is 0 Å². The van der Waals surface area contributed by atoms with Gasteiger partial charge in [0.25, 0.3) is 5.91 Å². The molecule has 0 bridgehead atoms. The minimum absolute atomic E-state index is 0.0104. The molecule has 0 saturated carbocycles. The van der Waals surface area contributed by atoms with Gasteiger partial charge in [-0.05, 0) is 50.1 Å². The predicted molar refractivity (Wildman–Crippen MR) is 117 cm³/mol. The zero-order chi connectivity index (χ0) is 22.2. The number of carbonyl (C=O) groups excluding carboxylic acids is 1. The van der Waals surface area contributed by atoms with Crippen molar-refractivity contribution in [1.82, 2.24) is 9.62 Å². The molecule has 1 amide bonds. The van der Waals surface area contributed by atoms with E-state index >= 15 is 0 Å². The first-order chi connectivity index (χ1) is 14.2. The minimum atomic E-state index is -3.78. The van der Waals surface area contributed by atoms with Crippen molar-refractivity contribution in [2.24, 2.45) is 0 Å². The fourth-order valence-corrected chi connectivity index (χ4v) is 5.46. The standard InChI is InChI=1S/C21H28N2O5S2/c1-3-23(4-2)21(24)19-11-13-20(14-12-19)30(27,28)22-15-8-16-29(25,26)17-18-9-6-5-7-10-18/h5-7,9-14,22H,3-4,8,15-17H2,1-2H3. The summed E-state index contributed by atoms with van der Waals surface area (Å²) in [6.07, 6.45) is 0.174. The van der Waals surface area contributed by atoms with E-state index in [-0.39, 0.29) is 35.3 Å². The number of sulfone groups is 1. The highest BCUT2D eigenvalue weighted by atomic mass is 32.2. The van der Waals surface area contributed by atoms with Crippen LogP contribution in [0, 0.1) is 0 Å². The molecular formula is C21H28N2O5S2. The van der Waals surface area contributed by atoms with Crippen molar-refractivity contribution in [1.29, 1.82) is 0 Å². The third-order valence-corrected chi connectivity index (χ3v) is 7.78. The number of sulfonamides is 1. The molecule has 0 fully saturated rings. The molecule has 7 nitrogen and oxygen atoms in total. The summed E-state index contributed by atoms with van der Waals surface area (Å²) in [4.78, 5) is 14.0. The molecule has 0 aliphatic carbocycles. The smallest absolute Gasteiger partial charge is 0.253 e. The lowest BCUT2D eigenvalue weighted by Crippen LogP contribution is -2.30. The molecule has 2 aromatic carbocycles. The largest absolute Gasteiger partial charge is 0.339 e. The Labute approximate surface area is 179 Å². The molecule has 0 spiro atoms. The Balaban J connectivity index is 1.90. The molecule has 1 N–H and O–H groups in total. The van der Waals surface area contributed by atoms with Crippen molar-refractivity contribution >= 4 is 25.8 Å². The molecule has 0 atom stereocenters. The Morgan fingerprint density at radius 2 is 1.50 bits per heavy atom. The first-order valence-corrected chi connectivity index (χ1v) is 13.1. The van der Waals surface area contributed by atoms with Crippen LogP contribution in [-0.4, -0.2) is 53.0 Å². The second-order valence-electron chi connectivity index (χ2n) is 6.83. The van der Waals surface area contributed by atoms with Gasteiger partial charge in [0, 0.05) is 25.2 Å². The molecule has 2 rings (SSSR count). The number of benzene rings is 2. The number of nitrogens with zero attached hydrogens (tertiary/aromatic N) is 1. The van der Waals surface area contributed by atoms with Crippen LogP contribution in [-0.2, 0) is 25.6 Å². The van der Waals surface area contributed by atoms with Gasteiger partial charge in [0.05, 0.1) is 16.4 Å². The first-order valence-electron chi connectivity index (χ1n) is 9.82. The molecule has 2 aromatic rings. The van der Waals surface area contributed by atoms with Crippen LogP contribution >= 0.6 is 0 Å². The van der Waals surface area contributed by atoms with Crippen LogP contribution in [0.2, 0.25) is 0 Å². The van der Waals surface area contributed by atoms with E-state index in [4.69, 9.17) is 0 Å². The summed E-state index contributed by atoms with van der Waals surface area (Å²) >= 11 is 0. The van der Waals surface area contributed by atoms with E-state index in [0.29, 0.717) is 24.2 Å². The molecule has 164 valence electrons. The van der Waals surface area contributed by atoms with Crippen molar-refractivity contribution in [2.75, 3.05) is 25.4 Å². The van der Waals surface area contributed by atoms with E-state index in [2.05, 4.69) is 4.72 Å². The van der Waals surface area contributed by atoms with Gasteiger partial charge in [0.2, 0.25) is 10.0 Å². The Kier molecular flexibility index (Phi) is 8.57. The van der Waals surface area contributed by atoms with Gasteiger partial charge in [-0.15, -0.1) is 0 Å². The molecule has 0 unspecified atom stereocenters.